The summed E-state index contributed by atoms with van der Waals surface area (Å²) in [5, 5.41) is 4.07. The van der Waals surface area contributed by atoms with Crippen LogP contribution in [-0.2, 0) is 0 Å². The van der Waals surface area contributed by atoms with Crippen molar-refractivity contribution >= 4 is 0 Å². The molecule has 1 fully saturated rings. The van der Waals surface area contributed by atoms with Gasteiger partial charge in [0.15, 0.2) is 0 Å². The monoisotopic (exact) mass is 172 g/mol. The van der Waals surface area contributed by atoms with Crippen LogP contribution in [0.3, 0.4) is 0 Å². The molecule has 1 aromatic rings. The molecule has 2 rings (SSSR count). The highest BCUT2D eigenvalue weighted by Crippen LogP contribution is 2.15. The van der Waals surface area contributed by atoms with E-state index in [4.69, 9.17) is 11.2 Å². The van der Waals surface area contributed by atoms with Crippen molar-refractivity contribution in [2.24, 2.45) is 0 Å². The predicted molar refractivity (Wildman–Crippen MR) is 50.7 cm³/mol. The van der Waals surface area contributed by atoms with E-state index in [9.17, 15) is 0 Å². The first kappa shape index (κ1) is 8.15. The van der Waals surface area contributed by atoms with Crippen molar-refractivity contribution in [2.75, 3.05) is 13.1 Å². The molecule has 13 heavy (non-hydrogen) atoms. The van der Waals surface area contributed by atoms with E-state index in [1.807, 2.05) is 24.3 Å². The molecule has 1 radical (unpaired) electrons. The van der Waals surface area contributed by atoms with E-state index in [0.29, 0.717) is 0 Å². The molecule has 0 saturated carbocycles. The molecule has 0 aliphatic carbocycles. The van der Waals surface area contributed by atoms with Crippen molar-refractivity contribution < 1.29 is 4.74 Å². The minimum absolute atomic E-state index is 0.257. The Kier molecular flexibility index (Phi) is 2.20. The normalized spacial score (nSPS) is 15.9. The highest BCUT2D eigenvalue weighted by atomic mass is 16.5. The van der Waals surface area contributed by atoms with Gasteiger partial charge in [-0.05, 0) is 18.2 Å². The summed E-state index contributed by atoms with van der Waals surface area (Å²) in [6.07, 6.45) is 5.53. The lowest BCUT2D eigenvalue weighted by atomic mass is 10.2. The number of benzene rings is 1. The minimum Gasteiger partial charge on any atom is -0.488 e. The second-order valence-corrected chi connectivity index (χ2v) is 3.00. The first-order valence-electron chi connectivity index (χ1n) is 4.25. The van der Waals surface area contributed by atoms with Crippen molar-refractivity contribution in [1.82, 2.24) is 5.32 Å². The van der Waals surface area contributed by atoms with Crippen LogP contribution in [0.5, 0.6) is 5.75 Å². The van der Waals surface area contributed by atoms with Gasteiger partial charge in [-0.2, -0.15) is 0 Å². The summed E-state index contributed by atoms with van der Waals surface area (Å²) in [6, 6.07) is 7.58. The molecule has 0 atom stereocenters. The molecule has 1 saturated heterocycles. The third-order valence-electron chi connectivity index (χ3n) is 1.97. The maximum atomic E-state index is 5.60. The fourth-order valence-corrected chi connectivity index (χ4v) is 1.16. The fourth-order valence-electron chi connectivity index (χ4n) is 1.16. The van der Waals surface area contributed by atoms with Gasteiger partial charge in [0, 0.05) is 5.56 Å². The van der Waals surface area contributed by atoms with Crippen molar-refractivity contribution in [3.05, 3.63) is 29.8 Å². The topological polar surface area (TPSA) is 23.3 Å². The van der Waals surface area contributed by atoms with Gasteiger partial charge in [0.2, 0.25) is 0 Å². The van der Waals surface area contributed by atoms with E-state index >= 15 is 0 Å². The largest absolute Gasteiger partial charge is 0.488 e. The summed E-state index contributed by atoms with van der Waals surface area (Å²) in [5.41, 5.74) is 0.855. The van der Waals surface area contributed by atoms with Crippen molar-refractivity contribution in [1.29, 1.82) is 0 Å². The molecular formula is C11H10NO. The molecular weight excluding hydrogens is 162 g/mol. The number of hydrogen-bond donors (Lipinski definition) is 0. The van der Waals surface area contributed by atoms with E-state index in [1.165, 1.54) is 0 Å². The van der Waals surface area contributed by atoms with E-state index < -0.39 is 0 Å². The Morgan fingerprint density at radius 3 is 2.92 bits per heavy atom. The van der Waals surface area contributed by atoms with Crippen molar-refractivity contribution in [3.8, 4) is 18.1 Å². The van der Waals surface area contributed by atoms with Crippen LogP contribution in [0.2, 0.25) is 0 Å². The standard InChI is InChI=1S/C11H10NO/c1-2-9-4-3-5-10(6-9)13-11-7-12-8-11/h1,3-6,11H,7-8H2. The van der Waals surface area contributed by atoms with Crippen LogP contribution in [-0.4, -0.2) is 19.2 Å². The van der Waals surface area contributed by atoms with Crippen molar-refractivity contribution in [3.63, 3.8) is 0 Å². The van der Waals surface area contributed by atoms with Gasteiger partial charge in [0.1, 0.15) is 11.9 Å². The van der Waals surface area contributed by atoms with Gasteiger partial charge in [-0.15, -0.1) is 6.42 Å². The number of terminal acetylenes is 1. The third kappa shape index (κ3) is 1.82. The molecule has 1 aliphatic heterocycles. The SMILES string of the molecule is C#Cc1cccc(OC2C[N]C2)c1. The third-order valence-corrected chi connectivity index (χ3v) is 1.97. The van der Waals surface area contributed by atoms with E-state index in [-0.39, 0.29) is 6.10 Å². The molecule has 0 N–H and O–H groups in total. The van der Waals surface area contributed by atoms with Crippen LogP contribution in [0.1, 0.15) is 5.56 Å². The molecule has 1 aromatic carbocycles. The van der Waals surface area contributed by atoms with E-state index in [2.05, 4.69) is 11.2 Å². The van der Waals surface area contributed by atoms with Crippen LogP contribution in [0.25, 0.3) is 0 Å². The first-order valence-corrected chi connectivity index (χ1v) is 4.25. The Bertz CT molecular complexity index is 336. The molecule has 2 nitrogen and oxygen atoms in total. The Hall–Kier alpha value is -1.46. The lowest BCUT2D eigenvalue weighted by Gasteiger charge is -2.26. The zero-order chi connectivity index (χ0) is 9.10. The second kappa shape index (κ2) is 3.51. The lowest BCUT2D eigenvalue weighted by Crippen LogP contribution is -2.45. The van der Waals surface area contributed by atoms with Crippen LogP contribution in [0, 0.1) is 12.3 Å². The smallest absolute Gasteiger partial charge is 0.127 e. The summed E-state index contributed by atoms with van der Waals surface area (Å²) in [5.74, 6) is 3.42. The molecule has 1 aliphatic rings. The molecule has 1 heterocycles. The lowest BCUT2D eigenvalue weighted by molar-refractivity contribution is 0.139. The Morgan fingerprint density at radius 1 is 1.46 bits per heavy atom. The van der Waals surface area contributed by atoms with Gasteiger partial charge in [-0.25, -0.2) is 5.32 Å². The van der Waals surface area contributed by atoms with E-state index in [0.717, 1.165) is 24.4 Å². The Morgan fingerprint density at radius 2 is 2.31 bits per heavy atom. The average Bonchev–Trinajstić information content (AvgIpc) is 2.12. The van der Waals surface area contributed by atoms with E-state index in [1.54, 1.807) is 0 Å². The minimum atomic E-state index is 0.257. The summed E-state index contributed by atoms with van der Waals surface area (Å²) in [6.45, 7) is 1.61. The number of ether oxygens (including phenoxy) is 1. The first-order chi connectivity index (χ1) is 6.38. The number of nitrogens with zero attached hydrogens (tertiary/aromatic N) is 1. The number of hydrogen-bond acceptors (Lipinski definition) is 1. The summed E-state index contributed by atoms with van der Waals surface area (Å²) >= 11 is 0. The predicted octanol–water partition coefficient (Wildman–Crippen LogP) is 1.03. The van der Waals surface area contributed by atoms with Crippen LogP contribution in [0.4, 0.5) is 0 Å². The van der Waals surface area contributed by atoms with Crippen LogP contribution in [0.15, 0.2) is 24.3 Å². The quantitative estimate of drug-likeness (QED) is 0.611. The van der Waals surface area contributed by atoms with Gasteiger partial charge in [-0.1, -0.05) is 12.0 Å². The zero-order valence-electron chi connectivity index (χ0n) is 7.23. The molecule has 0 spiro atoms. The summed E-state index contributed by atoms with van der Waals surface area (Å²) in [7, 11) is 0. The molecule has 2 heteroatoms. The van der Waals surface area contributed by atoms with Gasteiger partial charge in [-0.3, -0.25) is 0 Å². The molecule has 0 bridgehead atoms. The van der Waals surface area contributed by atoms with Gasteiger partial charge in [0.05, 0.1) is 13.1 Å². The molecule has 65 valence electrons. The maximum absolute atomic E-state index is 5.60. The summed E-state index contributed by atoms with van der Waals surface area (Å²) in [4.78, 5) is 0. The van der Waals surface area contributed by atoms with Gasteiger partial charge < -0.3 is 4.74 Å². The number of rotatable bonds is 2. The van der Waals surface area contributed by atoms with Gasteiger partial charge in [0.25, 0.3) is 0 Å². The van der Waals surface area contributed by atoms with Crippen molar-refractivity contribution in [2.45, 2.75) is 6.10 Å². The molecule has 0 aromatic heterocycles. The highest BCUT2D eigenvalue weighted by molar-refractivity contribution is 5.38. The maximum Gasteiger partial charge on any atom is 0.127 e. The highest BCUT2D eigenvalue weighted by Gasteiger charge is 2.19. The second-order valence-electron chi connectivity index (χ2n) is 3.00. The van der Waals surface area contributed by atoms with Crippen LogP contribution < -0.4 is 10.1 Å². The molecule has 0 unspecified atom stereocenters. The average molecular weight is 172 g/mol. The molecule has 0 amide bonds. The van der Waals surface area contributed by atoms with Gasteiger partial charge >= 0.3 is 0 Å². The zero-order valence-corrected chi connectivity index (χ0v) is 7.23. The summed E-state index contributed by atoms with van der Waals surface area (Å²) < 4.78 is 5.60. The Balaban J connectivity index is 2.07. The Labute approximate surface area is 77.9 Å². The van der Waals surface area contributed by atoms with Crippen LogP contribution >= 0.6 is 0 Å². The fraction of sp³-hybridized carbons (Fsp3) is 0.273.